The maximum absolute atomic E-state index is 12.3. The number of nitrogens with one attached hydrogen (secondary N) is 2. The Kier molecular flexibility index (Phi) is 8.03. The van der Waals surface area contributed by atoms with Crippen molar-refractivity contribution in [2.75, 3.05) is 6.61 Å². The molecule has 3 atom stereocenters. The summed E-state index contributed by atoms with van der Waals surface area (Å²) in [5.74, 6) is -0.256. The number of amides is 2. The van der Waals surface area contributed by atoms with Crippen molar-refractivity contribution in [3.05, 3.63) is 0 Å². The molecule has 2 fully saturated rings. The van der Waals surface area contributed by atoms with Crippen LogP contribution >= 0.6 is 0 Å². The molecule has 3 unspecified atom stereocenters. The minimum absolute atomic E-state index is 0.274. The summed E-state index contributed by atoms with van der Waals surface area (Å²) in [7, 11) is -1.44. The molecule has 142 valence electrons. The monoisotopic (exact) mass is 354 g/mol. The highest BCUT2D eigenvalue weighted by Crippen LogP contribution is 2.30. The Morgan fingerprint density at radius 2 is 1.72 bits per heavy atom. The Balaban J connectivity index is 1.72. The topological polar surface area (TPSA) is 108 Å². The summed E-state index contributed by atoms with van der Waals surface area (Å²) in [6, 6.07) is -0.999. The maximum Gasteiger partial charge on any atom is 0.456 e. The Labute approximate surface area is 150 Å². The SMILES string of the molecule is CC(NC(=O)OCC1CCCCC1)C(=O)NC1CCCCC1B(O)O. The zero-order valence-electron chi connectivity index (χ0n) is 15.1. The molecule has 0 aromatic rings. The molecule has 2 aliphatic carbocycles. The second-order valence-corrected chi connectivity index (χ2v) is 7.45. The van der Waals surface area contributed by atoms with Crippen LogP contribution in [0, 0.1) is 5.92 Å². The van der Waals surface area contributed by atoms with Gasteiger partial charge in [-0.1, -0.05) is 38.5 Å². The molecule has 7 nitrogen and oxygen atoms in total. The molecule has 0 saturated heterocycles. The van der Waals surface area contributed by atoms with Crippen LogP contribution in [0.15, 0.2) is 0 Å². The van der Waals surface area contributed by atoms with E-state index in [9.17, 15) is 19.6 Å². The molecule has 0 spiro atoms. The molecule has 0 aliphatic heterocycles. The van der Waals surface area contributed by atoms with Crippen molar-refractivity contribution in [3.63, 3.8) is 0 Å². The molecule has 2 amide bonds. The minimum Gasteiger partial charge on any atom is -0.449 e. The van der Waals surface area contributed by atoms with Gasteiger partial charge in [0, 0.05) is 11.9 Å². The summed E-state index contributed by atoms with van der Waals surface area (Å²) in [6.45, 7) is 2.01. The van der Waals surface area contributed by atoms with Crippen LogP contribution in [-0.4, -0.2) is 47.9 Å². The minimum atomic E-state index is -1.44. The molecule has 0 bridgehead atoms. The van der Waals surface area contributed by atoms with Gasteiger partial charge in [-0.05, 0) is 32.1 Å². The number of carbonyl (C=O) groups excluding carboxylic acids is 2. The molecule has 0 heterocycles. The van der Waals surface area contributed by atoms with E-state index in [1.807, 2.05) is 0 Å². The molecule has 0 aromatic heterocycles. The maximum atomic E-state index is 12.3. The van der Waals surface area contributed by atoms with Gasteiger partial charge in [0.1, 0.15) is 6.04 Å². The molecule has 0 radical (unpaired) electrons. The van der Waals surface area contributed by atoms with Gasteiger partial charge in [0.05, 0.1) is 6.61 Å². The lowest BCUT2D eigenvalue weighted by Crippen LogP contribution is -2.51. The summed E-state index contributed by atoms with van der Waals surface area (Å²) in [4.78, 5) is 24.1. The summed E-state index contributed by atoms with van der Waals surface area (Å²) in [6.07, 6.45) is 8.50. The number of ether oxygens (including phenoxy) is 1. The number of hydrogen-bond donors (Lipinski definition) is 4. The van der Waals surface area contributed by atoms with Crippen LogP contribution in [-0.2, 0) is 9.53 Å². The van der Waals surface area contributed by atoms with Gasteiger partial charge in [-0.25, -0.2) is 4.79 Å². The van der Waals surface area contributed by atoms with E-state index in [1.165, 1.54) is 19.3 Å². The first-order chi connectivity index (χ1) is 12.0. The highest BCUT2D eigenvalue weighted by atomic mass is 16.5. The molecule has 2 saturated carbocycles. The Hall–Kier alpha value is -1.28. The van der Waals surface area contributed by atoms with Crippen LogP contribution < -0.4 is 10.6 Å². The predicted octanol–water partition coefficient (Wildman–Crippen LogP) is 1.58. The van der Waals surface area contributed by atoms with E-state index in [4.69, 9.17) is 4.74 Å². The molecular weight excluding hydrogens is 323 g/mol. The van der Waals surface area contributed by atoms with E-state index in [-0.39, 0.29) is 17.8 Å². The van der Waals surface area contributed by atoms with Crippen molar-refractivity contribution < 1.29 is 24.4 Å². The van der Waals surface area contributed by atoms with Crippen molar-refractivity contribution in [1.82, 2.24) is 10.6 Å². The third-order valence-electron chi connectivity index (χ3n) is 5.43. The summed E-state index contributed by atoms with van der Waals surface area (Å²) < 4.78 is 5.24. The van der Waals surface area contributed by atoms with Crippen LogP contribution in [0.3, 0.4) is 0 Å². The third-order valence-corrected chi connectivity index (χ3v) is 5.43. The largest absolute Gasteiger partial charge is 0.456 e. The Morgan fingerprint density at radius 3 is 2.40 bits per heavy atom. The van der Waals surface area contributed by atoms with Gasteiger partial charge in [-0.15, -0.1) is 0 Å². The van der Waals surface area contributed by atoms with Gasteiger partial charge in [-0.3, -0.25) is 4.79 Å². The van der Waals surface area contributed by atoms with E-state index in [1.54, 1.807) is 6.92 Å². The first-order valence-electron chi connectivity index (χ1n) is 9.57. The Bertz CT molecular complexity index is 443. The van der Waals surface area contributed by atoms with Gasteiger partial charge in [0.2, 0.25) is 5.91 Å². The molecular formula is C17H31BN2O5. The van der Waals surface area contributed by atoms with Gasteiger partial charge in [-0.2, -0.15) is 0 Å². The van der Waals surface area contributed by atoms with Crippen LogP contribution in [0.1, 0.15) is 64.7 Å². The lowest BCUT2D eigenvalue weighted by Gasteiger charge is -2.32. The smallest absolute Gasteiger partial charge is 0.449 e. The fraction of sp³-hybridized carbons (Fsp3) is 0.882. The highest BCUT2D eigenvalue weighted by Gasteiger charge is 2.35. The van der Waals surface area contributed by atoms with Gasteiger partial charge >= 0.3 is 13.2 Å². The van der Waals surface area contributed by atoms with Crippen LogP contribution in [0.25, 0.3) is 0 Å². The van der Waals surface area contributed by atoms with Gasteiger partial charge < -0.3 is 25.4 Å². The zero-order chi connectivity index (χ0) is 18.2. The van der Waals surface area contributed by atoms with Gasteiger partial charge in [0.25, 0.3) is 0 Å². The van der Waals surface area contributed by atoms with E-state index in [0.29, 0.717) is 25.4 Å². The van der Waals surface area contributed by atoms with Crippen molar-refractivity contribution >= 4 is 19.1 Å². The second kappa shape index (κ2) is 10.0. The average molecular weight is 354 g/mol. The normalized spacial score (nSPS) is 25.7. The van der Waals surface area contributed by atoms with E-state index in [2.05, 4.69) is 10.6 Å². The standard InChI is InChI=1S/C17H31BN2O5/c1-12(19-17(22)25-11-13-7-3-2-4-8-13)16(21)20-15-10-6-5-9-14(15)18(23)24/h12-15,23-24H,2-11H2,1H3,(H,19,22)(H,20,21). The number of rotatable bonds is 6. The first kappa shape index (κ1) is 20.0. The number of carbonyl (C=O) groups is 2. The summed E-state index contributed by atoms with van der Waals surface area (Å²) in [5.41, 5.74) is 0. The molecule has 8 heteroatoms. The first-order valence-corrected chi connectivity index (χ1v) is 9.57. The second-order valence-electron chi connectivity index (χ2n) is 7.45. The van der Waals surface area contributed by atoms with Crippen molar-refractivity contribution in [2.24, 2.45) is 5.92 Å². The fourth-order valence-electron chi connectivity index (χ4n) is 3.83. The predicted molar refractivity (Wildman–Crippen MR) is 94.9 cm³/mol. The molecule has 4 N–H and O–H groups in total. The molecule has 0 aromatic carbocycles. The Morgan fingerprint density at radius 1 is 1.08 bits per heavy atom. The van der Waals surface area contributed by atoms with E-state index in [0.717, 1.165) is 25.7 Å². The lowest BCUT2D eigenvalue weighted by molar-refractivity contribution is -0.123. The average Bonchev–Trinajstić information content (AvgIpc) is 2.61. The summed E-state index contributed by atoms with van der Waals surface area (Å²) >= 11 is 0. The quantitative estimate of drug-likeness (QED) is 0.542. The van der Waals surface area contributed by atoms with Crippen molar-refractivity contribution in [1.29, 1.82) is 0 Å². The van der Waals surface area contributed by atoms with E-state index < -0.39 is 19.3 Å². The van der Waals surface area contributed by atoms with Crippen LogP contribution in [0.2, 0.25) is 5.82 Å². The summed E-state index contributed by atoms with van der Waals surface area (Å²) in [5, 5.41) is 24.3. The third kappa shape index (κ3) is 6.51. The lowest BCUT2D eigenvalue weighted by atomic mass is 9.62. The fourth-order valence-corrected chi connectivity index (χ4v) is 3.83. The van der Waals surface area contributed by atoms with E-state index >= 15 is 0 Å². The molecule has 25 heavy (non-hydrogen) atoms. The van der Waals surface area contributed by atoms with Crippen molar-refractivity contribution in [2.45, 2.75) is 82.6 Å². The van der Waals surface area contributed by atoms with Crippen LogP contribution in [0.4, 0.5) is 4.79 Å². The zero-order valence-corrected chi connectivity index (χ0v) is 15.1. The highest BCUT2D eigenvalue weighted by molar-refractivity contribution is 6.43. The van der Waals surface area contributed by atoms with Gasteiger partial charge in [0.15, 0.2) is 0 Å². The van der Waals surface area contributed by atoms with Crippen LogP contribution in [0.5, 0.6) is 0 Å². The van der Waals surface area contributed by atoms with Crippen molar-refractivity contribution in [3.8, 4) is 0 Å². The molecule has 2 rings (SSSR count). The number of hydrogen-bond acceptors (Lipinski definition) is 5. The molecule has 2 aliphatic rings. The number of alkyl carbamates (subject to hydrolysis) is 1.